The maximum Gasteiger partial charge on any atom is -0.00813 e. The van der Waals surface area contributed by atoms with Crippen molar-refractivity contribution in [2.75, 3.05) is 0 Å². The third kappa shape index (κ3) is 4.22. The zero-order valence-corrected chi connectivity index (χ0v) is 11.3. The van der Waals surface area contributed by atoms with Gasteiger partial charge in [-0.05, 0) is 42.7 Å². The van der Waals surface area contributed by atoms with E-state index in [1.165, 1.54) is 11.1 Å². The van der Waals surface area contributed by atoms with Gasteiger partial charge >= 0.3 is 0 Å². The van der Waals surface area contributed by atoms with Gasteiger partial charge in [0.05, 0.1) is 0 Å². The molecule has 0 heteroatoms. The lowest BCUT2D eigenvalue weighted by Crippen LogP contribution is -2.04. The molecule has 0 fully saturated rings. The SMILES string of the molecule is C=CC(C)/C=C\C1=C(C/C=C\C)C=CCC1C. The lowest BCUT2D eigenvalue weighted by atomic mass is 9.86. The third-order valence-electron chi connectivity index (χ3n) is 3.23. The average molecular weight is 228 g/mol. The van der Waals surface area contributed by atoms with Crippen molar-refractivity contribution >= 4 is 0 Å². The second-order valence-corrected chi connectivity index (χ2v) is 4.75. The number of rotatable bonds is 5. The first-order valence-electron chi connectivity index (χ1n) is 6.50. The minimum absolute atomic E-state index is 0.448. The molecule has 0 amide bonds. The largest absolute Gasteiger partial charge is 0.102 e. The van der Waals surface area contributed by atoms with E-state index < -0.39 is 0 Å². The Balaban J connectivity index is 2.91. The molecule has 0 aromatic rings. The van der Waals surface area contributed by atoms with Crippen LogP contribution >= 0.6 is 0 Å². The van der Waals surface area contributed by atoms with Gasteiger partial charge in [0, 0.05) is 0 Å². The van der Waals surface area contributed by atoms with Gasteiger partial charge in [-0.1, -0.05) is 56.4 Å². The van der Waals surface area contributed by atoms with Crippen LogP contribution in [0.1, 0.15) is 33.6 Å². The molecule has 0 aliphatic heterocycles. The van der Waals surface area contributed by atoms with Gasteiger partial charge in [0.15, 0.2) is 0 Å². The zero-order valence-electron chi connectivity index (χ0n) is 11.3. The fourth-order valence-corrected chi connectivity index (χ4v) is 1.99. The van der Waals surface area contributed by atoms with Crippen LogP contribution in [-0.4, -0.2) is 0 Å². The average Bonchev–Trinajstić information content (AvgIpc) is 2.34. The Hall–Kier alpha value is -1.30. The summed E-state index contributed by atoms with van der Waals surface area (Å²) in [5, 5.41) is 0. The molecule has 0 saturated heterocycles. The summed E-state index contributed by atoms with van der Waals surface area (Å²) in [5.74, 6) is 1.08. The molecule has 0 nitrogen and oxygen atoms in total. The van der Waals surface area contributed by atoms with Crippen molar-refractivity contribution in [1.29, 1.82) is 0 Å². The van der Waals surface area contributed by atoms with Crippen LogP contribution in [0.5, 0.6) is 0 Å². The second kappa shape index (κ2) is 7.11. The van der Waals surface area contributed by atoms with Crippen molar-refractivity contribution in [3.05, 3.63) is 60.3 Å². The monoisotopic (exact) mass is 228 g/mol. The summed E-state index contributed by atoms with van der Waals surface area (Å²) in [7, 11) is 0. The van der Waals surface area contributed by atoms with E-state index in [1.54, 1.807) is 0 Å². The highest BCUT2D eigenvalue weighted by atomic mass is 14.2. The maximum atomic E-state index is 3.82. The van der Waals surface area contributed by atoms with E-state index in [-0.39, 0.29) is 0 Å². The van der Waals surface area contributed by atoms with Crippen LogP contribution in [0.4, 0.5) is 0 Å². The number of allylic oxidation sites excluding steroid dienone is 9. The molecule has 92 valence electrons. The summed E-state index contributed by atoms with van der Waals surface area (Å²) >= 11 is 0. The highest BCUT2D eigenvalue weighted by Crippen LogP contribution is 2.28. The van der Waals surface area contributed by atoms with Crippen molar-refractivity contribution in [2.45, 2.75) is 33.6 Å². The molecule has 0 aromatic carbocycles. The molecule has 0 aromatic heterocycles. The summed E-state index contributed by atoms with van der Waals surface area (Å²) in [5.41, 5.74) is 2.94. The molecule has 1 rings (SSSR count). The van der Waals surface area contributed by atoms with E-state index in [1.807, 2.05) is 6.08 Å². The Kier molecular flexibility index (Phi) is 5.76. The minimum Gasteiger partial charge on any atom is -0.102 e. The van der Waals surface area contributed by atoms with Crippen LogP contribution < -0.4 is 0 Å². The van der Waals surface area contributed by atoms with Gasteiger partial charge in [-0.2, -0.15) is 0 Å². The maximum absolute atomic E-state index is 3.82. The summed E-state index contributed by atoms with van der Waals surface area (Å²) in [4.78, 5) is 0. The molecule has 0 heterocycles. The molecular weight excluding hydrogens is 204 g/mol. The summed E-state index contributed by atoms with van der Waals surface area (Å²) in [6.07, 6.45) is 17.6. The topological polar surface area (TPSA) is 0 Å². The molecular formula is C17H24. The highest BCUT2D eigenvalue weighted by molar-refractivity contribution is 5.39. The first-order valence-corrected chi connectivity index (χ1v) is 6.50. The van der Waals surface area contributed by atoms with Gasteiger partial charge in [-0.25, -0.2) is 0 Å². The molecule has 2 atom stereocenters. The molecule has 17 heavy (non-hydrogen) atoms. The van der Waals surface area contributed by atoms with Crippen LogP contribution in [0.2, 0.25) is 0 Å². The van der Waals surface area contributed by atoms with Crippen molar-refractivity contribution in [3.8, 4) is 0 Å². The van der Waals surface area contributed by atoms with Crippen LogP contribution in [0.3, 0.4) is 0 Å². The molecule has 0 saturated carbocycles. The van der Waals surface area contributed by atoms with E-state index in [2.05, 4.69) is 63.8 Å². The summed E-state index contributed by atoms with van der Waals surface area (Å²) in [6, 6.07) is 0. The Labute approximate surface area is 106 Å². The van der Waals surface area contributed by atoms with E-state index in [9.17, 15) is 0 Å². The first-order chi connectivity index (χ1) is 8.19. The summed E-state index contributed by atoms with van der Waals surface area (Å²) in [6.45, 7) is 10.4. The van der Waals surface area contributed by atoms with Gasteiger partial charge in [0.2, 0.25) is 0 Å². The molecule has 0 radical (unpaired) electrons. The van der Waals surface area contributed by atoms with Crippen molar-refractivity contribution in [1.82, 2.24) is 0 Å². The number of hydrogen-bond acceptors (Lipinski definition) is 0. The first kappa shape index (κ1) is 13.8. The normalized spacial score (nSPS) is 22.6. The minimum atomic E-state index is 0.448. The van der Waals surface area contributed by atoms with Crippen LogP contribution in [0.15, 0.2) is 60.3 Å². The molecule has 0 spiro atoms. The Morgan fingerprint density at radius 3 is 2.94 bits per heavy atom. The smallest absolute Gasteiger partial charge is 0.00813 e. The van der Waals surface area contributed by atoms with E-state index in [0.29, 0.717) is 11.8 Å². The van der Waals surface area contributed by atoms with Crippen molar-refractivity contribution in [3.63, 3.8) is 0 Å². The summed E-state index contributed by atoms with van der Waals surface area (Å²) < 4.78 is 0. The van der Waals surface area contributed by atoms with Gasteiger partial charge in [-0.15, -0.1) is 6.58 Å². The van der Waals surface area contributed by atoms with Gasteiger partial charge in [0.1, 0.15) is 0 Å². The predicted octanol–water partition coefficient (Wildman–Crippen LogP) is 5.22. The Morgan fingerprint density at radius 2 is 2.29 bits per heavy atom. The highest BCUT2D eigenvalue weighted by Gasteiger charge is 2.12. The van der Waals surface area contributed by atoms with Crippen LogP contribution in [0.25, 0.3) is 0 Å². The Bertz CT molecular complexity index is 363. The lowest BCUT2D eigenvalue weighted by Gasteiger charge is -2.19. The van der Waals surface area contributed by atoms with Crippen LogP contribution in [-0.2, 0) is 0 Å². The molecule has 1 aliphatic carbocycles. The third-order valence-corrected chi connectivity index (χ3v) is 3.23. The molecule has 0 bridgehead atoms. The van der Waals surface area contributed by atoms with Gasteiger partial charge < -0.3 is 0 Å². The van der Waals surface area contributed by atoms with E-state index >= 15 is 0 Å². The van der Waals surface area contributed by atoms with E-state index in [0.717, 1.165) is 12.8 Å². The zero-order chi connectivity index (χ0) is 12.7. The van der Waals surface area contributed by atoms with E-state index in [4.69, 9.17) is 0 Å². The fraction of sp³-hybridized carbons (Fsp3) is 0.412. The fourth-order valence-electron chi connectivity index (χ4n) is 1.99. The lowest BCUT2D eigenvalue weighted by molar-refractivity contribution is 0.691. The van der Waals surface area contributed by atoms with Crippen LogP contribution in [0, 0.1) is 11.8 Å². The second-order valence-electron chi connectivity index (χ2n) is 4.75. The molecule has 2 unspecified atom stereocenters. The Morgan fingerprint density at radius 1 is 1.53 bits per heavy atom. The number of hydrogen-bond donors (Lipinski definition) is 0. The molecule has 1 aliphatic rings. The van der Waals surface area contributed by atoms with Gasteiger partial charge in [-0.3, -0.25) is 0 Å². The molecule has 0 N–H and O–H groups in total. The standard InChI is InChI=1S/C17H24/c1-5-7-10-16-11-8-9-15(4)17(16)13-12-14(3)6-2/h5-8,11-15H,2,9-10H2,1,3-4H3/b7-5-,13-12-. The quantitative estimate of drug-likeness (QED) is 0.566. The van der Waals surface area contributed by atoms with Crippen molar-refractivity contribution in [2.24, 2.45) is 11.8 Å². The van der Waals surface area contributed by atoms with Gasteiger partial charge in [0.25, 0.3) is 0 Å². The predicted molar refractivity (Wildman–Crippen MR) is 77.9 cm³/mol. The van der Waals surface area contributed by atoms with Crippen molar-refractivity contribution < 1.29 is 0 Å².